The molecule has 0 unspecified atom stereocenters. The summed E-state index contributed by atoms with van der Waals surface area (Å²) in [4.78, 5) is 0. The number of allylic oxidation sites excluding steroid dienone is 2. The number of unbranched alkanes of at least 4 members (excludes halogenated alkanes) is 3. The summed E-state index contributed by atoms with van der Waals surface area (Å²) >= 11 is 0. The van der Waals surface area contributed by atoms with Crippen LogP contribution in [0, 0.1) is 0 Å². The summed E-state index contributed by atoms with van der Waals surface area (Å²) in [6.07, 6.45) is 12.3. The van der Waals surface area contributed by atoms with Crippen LogP contribution < -0.4 is 39.9 Å². The van der Waals surface area contributed by atoms with Gasteiger partial charge in [-0.25, -0.2) is 0 Å². The van der Waals surface area contributed by atoms with E-state index in [0.717, 1.165) is 6.42 Å². The van der Waals surface area contributed by atoms with Crippen LogP contribution in [-0.4, -0.2) is 6.16 Å². The molecule has 0 radical (unpaired) electrons. The molecule has 0 N–H and O–H groups in total. The van der Waals surface area contributed by atoms with E-state index >= 15 is 0 Å². The number of hydrogen-bond acceptors (Lipinski definition) is 0. The van der Waals surface area contributed by atoms with Crippen molar-refractivity contribution in [2.75, 3.05) is 6.16 Å². The molecular formula is C27H32IP. The molecule has 0 saturated carbocycles. The lowest BCUT2D eigenvalue weighted by Crippen LogP contribution is -3.00. The summed E-state index contributed by atoms with van der Waals surface area (Å²) in [5, 5.41) is 4.44. The van der Waals surface area contributed by atoms with Crippen LogP contribution in [0.4, 0.5) is 0 Å². The van der Waals surface area contributed by atoms with Crippen molar-refractivity contribution >= 4 is 23.2 Å². The topological polar surface area (TPSA) is 0 Å². The summed E-state index contributed by atoms with van der Waals surface area (Å²) in [5.74, 6) is 0. The highest BCUT2D eigenvalue weighted by Crippen LogP contribution is 2.55. The average molecular weight is 514 g/mol. The molecule has 152 valence electrons. The van der Waals surface area contributed by atoms with E-state index in [9.17, 15) is 0 Å². The average Bonchev–Trinajstić information content (AvgIpc) is 2.78. The molecule has 0 aliphatic rings. The van der Waals surface area contributed by atoms with Gasteiger partial charge in [-0.2, -0.15) is 0 Å². The highest BCUT2D eigenvalue weighted by Gasteiger charge is 2.44. The van der Waals surface area contributed by atoms with Crippen molar-refractivity contribution < 1.29 is 24.0 Å². The van der Waals surface area contributed by atoms with Crippen LogP contribution in [0.1, 0.15) is 39.0 Å². The molecule has 0 nitrogen and oxygen atoms in total. The van der Waals surface area contributed by atoms with Crippen molar-refractivity contribution in [2.24, 2.45) is 0 Å². The molecule has 0 aliphatic carbocycles. The van der Waals surface area contributed by atoms with Crippen molar-refractivity contribution in [1.29, 1.82) is 0 Å². The van der Waals surface area contributed by atoms with E-state index in [1.165, 1.54) is 47.8 Å². The number of rotatable bonds is 10. The second kappa shape index (κ2) is 13.0. The zero-order valence-electron chi connectivity index (χ0n) is 17.4. The molecule has 3 rings (SSSR count). The second-order valence-corrected chi connectivity index (χ2v) is 10.9. The molecule has 0 aliphatic heterocycles. The molecule has 0 aromatic heterocycles. The van der Waals surface area contributed by atoms with E-state index in [-0.39, 0.29) is 24.0 Å². The zero-order valence-corrected chi connectivity index (χ0v) is 20.4. The Hall–Kier alpha value is -1.44. The van der Waals surface area contributed by atoms with Gasteiger partial charge in [-0.3, -0.25) is 0 Å². The van der Waals surface area contributed by atoms with Gasteiger partial charge in [0.15, 0.2) is 0 Å². The Bertz CT molecular complexity index is 732. The number of benzene rings is 3. The largest absolute Gasteiger partial charge is 1.00 e. The third kappa shape index (κ3) is 6.27. The predicted octanol–water partition coefficient (Wildman–Crippen LogP) is 3.51. The minimum Gasteiger partial charge on any atom is -1.00 e. The molecule has 0 saturated heterocycles. The third-order valence-corrected chi connectivity index (χ3v) is 9.83. The van der Waals surface area contributed by atoms with Gasteiger partial charge in [0.25, 0.3) is 0 Å². The highest BCUT2D eigenvalue weighted by molar-refractivity contribution is 7.95. The van der Waals surface area contributed by atoms with E-state index in [2.05, 4.69) is 110 Å². The molecule has 2 heteroatoms. The molecule has 3 aromatic carbocycles. The molecule has 0 bridgehead atoms. The summed E-state index contributed by atoms with van der Waals surface area (Å²) in [5.41, 5.74) is 0. The van der Waals surface area contributed by atoms with Crippen LogP contribution in [0.3, 0.4) is 0 Å². The van der Waals surface area contributed by atoms with Crippen LogP contribution in [0.5, 0.6) is 0 Å². The molecule has 0 spiro atoms. The van der Waals surface area contributed by atoms with Gasteiger partial charge >= 0.3 is 0 Å². The summed E-state index contributed by atoms with van der Waals surface area (Å²) in [6.45, 7) is 2.27. The van der Waals surface area contributed by atoms with Crippen molar-refractivity contribution in [1.82, 2.24) is 0 Å². The number of halogens is 1. The minimum absolute atomic E-state index is 0. The second-order valence-electron chi connectivity index (χ2n) is 7.30. The summed E-state index contributed by atoms with van der Waals surface area (Å²) < 4.78 is 0. The van der Waals surface area contributed by atoms with Crippen LogP contribution >= 0.6 is 7.26 Å². The Morgan fingerprint density at radius 2 is 1.00 bits per heavy atom. The molecule has 0 amide bonds. The minimum atomic E-state index is -1.67. The van der Waals surface area contributed by atoms with Gasteiger partial charge in [0.05, 0.1) is 6.16 Å². The van der Waals surface area contributed by atoms with Gasteiger partial charge in [-0.1, -0.05) is 86.5 Å². The van der Waals surface area contributed by atoms with Crippen molar-refractivity contribution in [3.8, 4) is 0 Å². The van der Waals surface area contributed by atoms with E-state index in [0.29, 0.717) is 0 Å². The normalized spacial score (nSPS) is 11.3. The number of hydrogen-bond donors (Lipinski definition) is 0. The van der Waals surface area contributed by atoms with Gasteiger partial charge < -0.3 is 24.0 Å². The first-order valence-corrected chi connectivity index (χ1v) is 12.6. The lowest BCUT2D eigenvalue weighted by molar-refractivity contribution is -0.00000559. The van der Waals surface area contributed by atoms with Crippen molar-refractivity contribution in [3.63, 3.8) is 0 Å². The fourth-order valence-electron chi connectivity index (χ4n) is 3.90. The van der Waals surface area contributed by atoms with Gasteiger partial charge in [0.1, 0.15) is 23.2 Å². The quantitative estimate of drug-likeness (QED) is 0.168. The summed E-state index contributed by atoms with van der Waals surface area (Å²) in [6, 6.07) is 33.5. The van der Waals surface area contributed by atoms with E-state index in [1.807, 2.05) is 0 Å². The van der Waals surface area contributed by atoms with E-state index in [4.69, 9.17) is 0 Å². The Kier molecular flexibility index (Phi) is 10.7. The lowest BCUT2D eigenvalue weighted by Gasteiger charge is -2.27. The highest BCUT2D eigenvalue weighted by atomic mass is 127. The first-order chi connectivity index (χ1) is 13.9. The third-order valence-electron chi connectivity index (χ3n) is 5.36. The SMILES string of the molecule is CCCCCC=CCC[P+](c1ccccc1)(c1ccccc1)c1ccccc1.[I-]. The van der Waals surface area contributed by atoms with Gasteiger partial charge in [-0.15, -0.1) is 0 Å². The Morgan fingerprint density at radius 1 is 0.586 bits per heavy atom. The molecule has 29 heavy (non-hydrogen) atoms. The maximum atomic E-state index is 2.42. The molecule has 0 atom stereocenters. The van der Waals surface area contributed by atoms with E-state index < -0.39 is 7.26 Å². The maximum Gasteiger partial charge on any atom is 0.112 e. The molecular weight excluding hydrogens is 482 g/mol. The zero-order chi connectivity index (χ0) is 19.5. The van der Waals surface area contributed by atoms with Gasteiger partial charge in [-0.05, 0) is 49.2 Å². The van der Waals surface area contributed by atoms with Crippen molar-refractivity contribution in [2.45, 2.75) is 39.0 Å². The Balaban J connectivity index is 0.00000300. The Labute approximate surface area is 194 Å². The Morgan fingerprint density at radius 3 is 1.41 bits per heavy atom. The first kappa shape index (κ1) is 23.8. The standard InChI is InChI=1S/C27H32P.HI/c1-2-3-4-5-6-7-17-24-28(25-18-11-8-12-19-25,26-20-13-9-14-21-26)27-22-15-10-16-23-27;/h6-16,18-23H,2-5,17,24H2,1H3;1H/q+1;/p-1. The van der Waals surface area contributed by atoms with E-state index in [1.54, 1.807) is 0 Å². The molecule has 0 fully saturated rings. The lowest BCUT2D eigenvalue weighted by atomic mass is 10.2. The maximum absolute atomic E-state index is 2.42. The predicted molar refractivity (Wildman–Crippen MR) is 128 cm³/mol. The molecule has 0 heterocycles. The smallest absolute Gasteiger partial charge is 0.112 e. The fourth-order valence-corrected chi connectivity index (χ4v) is 8.15. The van der Waals surface area contributed by atoms with Gasteiger partial charge in [0, 0.05) is 6.42 Å². The van der Waals surface area contributed by atoms with Gasteiger partial charge in [0.2, 0.25) is 0 Å². The monoisotopic (exact) mass is 514 g/mol. The summed E-state index contributed by atoms with van der Waals surface area (Å²) in [7, 11) is -1.67. The first-order valence-electron chi connectivity index (χ1n) is 10.6. The van der Waals surface area contributed by atoms with Crippen LogP contribution in [0.2, 0.25) is 0 Å². The van der Waals surface area contributed by atoms with Crippen LogP contribution in [-0.2, 0) is 0 Å². The molecule has 3 aromatic rings. The van der Waals surface area contributed by atoms with Crippen LogP contribution in [0.25, 0.3) is 0 Å². The van der Waals surface area contributed by atoms with Crippen molar-refractivity contribution in [3.05, 3.63) is 103 Å². The van der Waals surface area contributed by atoms with Crippen LogP contribution in [0.15, 0.2) is 103 Å². The fraction of sp³-hybridized carbons (Fsp3) is 0.259.